The van der Waals surface area contributed by atoms with Gasteiger partial charge in [0.25, 0.3) is 0 Å². The predicted molar refractivity (Wildman–Crippen MR) is 44.0 cm³/mol. The smallest absolute Gasteiger partial charge is 0.224 e. The van der Waals surface area contributed by atoms with Crippen molar-refractivity contribution in [2.75, 3.05) is 13.1 Å². The largest absolute Gasteiger partial charge is 0.468 e. The summed E-state index contributed by atoms with van der Waals surface area (Å²) in [5.41, 5.74) is 1.76. The van der Waals surface area contributed by atoms with Gasteiger partial charge in [0.15, 0.2) is 0 Å². The van der Waals surface area contributed by atoms with E-state index in [4.69, 9.17) is 4.74 Å². The van der Waals surface area contributed by atoms with Crippen molar-refractivity contribution in [1.82, 2.24) is 10.3 Å². The number of hydrogen-bond acceptors (Lipinski definition) is 4. The van der Waals surface area contributed by atoms with Crippen LogP contribution in [-0.2, 0) is 0 Å². The molecule has 0 aliphatic carbocycles. The zero-order chi connectivity index (χ0) is 7.73. The molecule has 0 amide bonds. The van der Waals surface area contributed by atoms with Crippen LogP contribution in [0.5, 0.6) is 5.88 Å². The summed E-state index contributed by atoms with van der Waals surface area (Å²) in [6.45, 7) is 3.93. The number of rotatable bonds is 2. The summed E-state index contributed by atoms with van der Waals surface area (Å²) in [5, 5.41) is 5.08. The van der Waals surface area contributed by atoms with Crippen LogP contribution in [0, 0.1) is 0 Å². The molecule has 2 heterocycles. The van der Waals surface area contributed by atoms with Crippen LogP contribution in [0.25, 0.3) is 0 Å². The number of hydrogen-bond donors (Lipinski definition) is 1. The molecular weight excluding hydrogens is 160 g/mol. The minimum Gasteiger partial charge on any atom is -0.468 e. The third kappa shape index (κ3) is 1.36. The average molecular weight is 170 g/mol. The second-order valence-corrected chi connectivity index (χ2v) is 3.70. The summed E-state index contributed by atoms with van der Waals surface area (Å²) in [4.78, 5) is 4.05. The molecule has 1 aliphatic heterocycles. The van der Waals surface area contributed by atoms with Crippen LogP contribution < -0.4 is 10.1 Å². The Hall–Kier alpha value is -0.610. The summed E-state index contributed by atoms with van der Waals surface area (Å²) in [5.74, 6) is 0.749. The van der Waals surface area contributed by atoms with Crippen LogP contribution in [0.1, 0.15) is 6.92 Å². The van der Waals surface area contributed by atoms with E-state index in [1.165, 1.54) is 0 Å². The molecule has 0 spiro atoms. The van der Waals surface area contributed by atoms with E-state index < -0.39 is 0 Å². The summed E-state index contributed by atoms with van der Waals surface area (Å²) in [6.07, 6.45) is 0. The Kier molecular flexibility index (Phi) is 1.58. The monoisotopic (exact) mass is 170 g/mol. The van der Waals surface area contributed by atoms with Gasteiger partial charge in [0.2, 0.25) is 5.88 Å². The summed E-state index contributed by atoms with van der Waals surface area (Å²) in [7, 11) is 0. The zero-order valence-corrected chi connectivity index (χ0v) is 7.15. The first-order chi connectivity index (χ1) is 5.29. The molecule has 1 saturated heterocycles. The van der Waals surface area contributed by atoms with Gasteiger partial charge in [-0.1, -0.05) is 0 Å². The Labute approximate surface area is 69.4 Å². The maximum absolute atomic E-state index is 5.61. The Bertz CT molecular complexity index is 231. The first kappa shape index (κ1) is 7.06. The van der Waals surface area contributed by atoms with Crippen molar-refractivity contribution < 1.29 is 4.74 Å². The highest BCUT2D eigenvalue weighted by Crippen LogP contribution is 2.20. The first-order valence-electron chi connectivity index (χ1n) is 3.56. The maximum atomic E-state index is 5.61. The second-order valence-electron chi connectivity index (χ2n) is 2.98. The van der Waals surface area contributed by atoms with Crippen molar-refractivity contribution in [1.29, 1.82) is 0 Å². The van der Waals surface area contributed by atoms with Gasteiger partial charge in [-0.2, -0.15) is 0 Å². The molecule has 1 N–H and O–H groups in total. The first-order valence-corrected chi connectivity index (χ1v) is 4.51. The molecule has 0 bridgehead atoms. The Morgan fingerprint density at radius 3 is 3.00 bits per heavy atom. The Morgan fingerprint density at radius 1 is 1.73 bits per heavy atom. The fraction of sp³-hybridized carbons (Fsp3) is 0.571. The SMILES string of the molecule is CC1(Oc2cscn2)CNC1. The van der Waals surface area contributed by atoms with Gasteiger partial charge < -0.3 is 10.1 Å². The predicted octanol–water partition coefficient (Wildman–Crippen LogP) is 0.884. The van der Waals surface area contributed by atoms with Gasteiger partial charge in [-0.05, 0) is 6.92 Å². The Balaban J connectivity index is 2.00. The highest BCUT2D eigenvalue weighted by Gasteiger charge is 2.34. The third-order valence-electron chi connectivity index (χ3n) is 1.76. The second kappa shape index (κ2) is 2.46. The molecule has 1 aliphatic rings. The van der Waals surface area contributed by atoms with Crippen LogP contribution in [0.2, 0.25) is 0 Å². The van der Waals surface area contributed by atoms with Gasteiger partial charge in [0.05, 0.1) is 10.9 Å². The highest BCUT2D eigenvalue weighted by atomic mass is 32.1. The summed E-state index contributed by atoms with van der Waals surface area (Å²) >= 11 is 1.56. The topological polar surface area (TPSA) is 34.1 Å². The Morgan fingerprint density at radius 2 is 2.55 bits per heavy atom. The summed E-state index contributed by atoms with van der Waals surface area (Å²) in [6, 6.07) is 0. The molecule has 3 nitrogen and oxygen atoms in total. The number of aromatic nitrogens is 1. The molecule has 1 aromatic heterocycles. The van der Waals surface area contributed by atoms with Crippen molar-refractivity contribution >= 4 is 11.3 Å². The molecule has 60 valence electrons. The minimum atomic E-state index is -0.0198. The lowest BCUT2D eigenvalue weighted by atomic mass is 10.0. The zero-order valence-electron chi connectivity index (χ0n) is 6.33. The fourth-order valence-corrected chi connectivity index (χ4v) is 1.50. The average Bonchev–Trinajstić information content (AvgIpc) is 2.36. The van der Waals surface area contributed by atoms with E-state index in [0.29, 0.717) is 0 Å². The van der Waals surface area contributed by atoms with Crippen LogP contribution in [-0.4, -0.2) is 23.7 Å². The van der Waals surface area contributed by atoms with Crippen LogP contribution >= 0.6 is 11.3 Å². The van der Waals surface area contributed by atoms with Crippen molar-refractivity contribution in [3.05, 3.63) is 10.9 Å². The highest BCUT2D eigenvalue weighted by molar-refractivity contribution is 7.07. The molecule has 11 heavy (non-hydrogen) atoms. The van der Waals surface area contributed by atoms with Crippen LogP contribution in [0.3, 0.4) is 0 Å². The van der Waals surface area contributed by atoms with Crippen LogP contribution in [0.15, 0.2) is 10.9 Å². The van der Waals surface area contributed by atoms with E-state index in [1.807, 2.05) is 5.38 Å². The molecule has 0 aromatic carbocycles. The maximum Gasteiger partial charge on any atom is 0.224 e. The number of thiazole rings is 1. The van der Waals surface area contributed by atoms with Gasteiger partial charge in [-0.3, -0.25) is 0 Å². The van der Waals surface area contributed by atoms with Gasteiger partial charge in [0, 0.05) is 13.1 Å². The van der Waals surface area contributed by atoms with Gasteiger partial charge >= 0.3 is 0 Å². The minimum absolute atomic E-state index is 0.0198. The normalized spacial score (nSPS) is 20.8. The lowest BCUT2D eigenvalue weighted by molar-refractivity contribution is 0.0311. The van der Waals surface area contributed by atoms with Crippen molar-refractivity contribution in [3.63, 3.8) is 0 Å². The molecule has 0 saturated carbocycles. The quantitative estimate of drug-likeness (QED) is 0.715. The molecule has 2 rings (SSSR count). The molecule has 4 heteroatoms. The molecule has 0 unspecified atom stereocenters. The lowest BCUT2D eigenvalue weighted by Gasteiger charge is -2.38. The van der Waals surface area contributed by atoms with Gasteiger partial charge in [-0.25, -0.2) is 4.98 Å². The van der Waals surface area contributed by atoms with Crippen molar-refractivity contribution in [3.8, 4) is 5.88 Å². The number of nitrogens with one attached hydrogen (secondary N) is 1. The van der Waals surface area contributed by atoms with E-state index in [9.17, 15) is 0 Å². The van der Waals surface area contributed by atoms with Gasteiger partial charge in [-0.15, -0.1) is 11.3 Å². The van der Waals surface area contributed by atoms with Crippen LogP contribution in [0.4, 0.5) is 0 Å². The standard InChI is InChI=1S/C7H10N2OS/c1-7(3-8-4-7)10-6-2-11-5-9-6/h2,5,8H,3-4H2,1H3. The van der Waals surface area contributed by atoms with Gasteiger partial charge in [0.1, 0.15) is 5.60 Å². The summed E-state index contributed by atoms with van der Waals surface area (Å²) < 4.78 is 5.61. The van der Waals surface area contributed by atoms with Crippen molar-refractivity contribution in [2.24, 2.45) is 0 Å². The van der Waals surface area contributed by atoms with E-state index in [0.717, 1.165) is 19.0 Å². The van der Waals surface area contributed by atoms with E-state index in [-0.39, 0.29) is 5.60 Å². The number of nitrogens with zero attached hydrogens (tertiary/aromatic N) is 1. The molecule has 0 radical (unpaired) electrons. The molecule has 1 aromatic rings. The van der Waals surface area contributed by atoms with E-state index in [2.05, 4.69) is 17.2 Å². The van der Waals surface area contributed by atoms with E-state index >= 15 is 0 Å². The molecule has 0 atom stereocenters. The molecular formula is C7H10N2OS. The third-order valence-corrected chi connectivity index (χ3v) is 2.32. The molecule has 1 fully saturated rings. The van der Waals surface area contributed by atoms with Crippen molar-refractivity contribution in [2.45, 2.75) is 12.5 Å². The van der Waals surface area contributed by atoms with E-state index in [1.54, 1.807) is 16.8 Å². The fourth-order valence-electron chi connectivity index (χ4n) is 1.05. The number of ether oxygens (including phenoxy) is 1. The lowest BCUT2D eigenvalue weighted by Crippen LogP contribution is -2.61.